The van der Waals surface area contributed by atoms with Crippen molar-refractivity contribution < 1.29 is 0 Å². The fourth-order valence-electron chi connectivity index (χ4n) is 10.1. The minimum atomic E-state index is -0.245. The van der Waals surface area contributed by atoms with E-state index >= 15 is 0 Å². The Morgan fingerprint density at radius 2 is 1.38 bits per heavy atom. The summed E-state index contributed by atoms with van der Waals surface area (Å²) in [5, 5.41) is 13.6. The number of para-hydroxylation sites is 2. The first-order valence-electron chi connectivity index (χ1n) is 18.6. The average molecular weight is 673 g/mol. The van der Waals surface area contributed by atoms with Crippen LogP contribution >= 0.6 is 0 Å². The summed E-state index contributed by atoms with van der Waals surface area (Å²) >= 11 is 0. The third-order valence-electron chi connectivity index (χ3n) is 12.5. The zero-order valence-electron chi connectivity index (χ0n) is 29.6. The first-order valence-corrected chi connectivity index (χ1v) is 18.6. The lowest BCUT2D eigenvalue weighted by atomic mass is 9.77. The van der Waals surface area contributed by atoms with E-state index in [4.69, 9.17) is 0 Å². The van der Waals surface area contributed by atoms with Crippen molar-refractivity contribution in [3.05, 3.63) is 186 Å². The van der Waals surface area contributed by atoms with E-state index in [1.807, 2.05) is 0 Å². The van der Waals surface area contributed by atoms with Gasteiger partial charge in [-0.25, -0.2) is 0 Å². The standard InChI is InChI=1S/C48H40N4/c1-47(2)37-23-11-9-21-34(37)43-45(47)49-44(35-22-15-26-40-42(35)38-24-13-14-27-48(38,3)52(40)32-18-5-4-6-19-32)46(50-43)51-39-25-12-10-20-33(39)36-28-30-16-7-8-17-31(30)29-41(36)51/h4-29,38,44,46,49-50H,1-3H3/t38?,44?,46?,48-/m0/s1. The van der Waals surface area contributed by atoms with Crippen molar-refractivity contribution in [2.75, 3.05) is 4.90 Å². The number of benzene rings is 6. The maximum absolute atomic E-state index is 4.30. The topological polar surface area (TPSA) is 32.2 Å². The fraction of sp³-hybridized carbons (Fsp3) is 0.167. The zero-order chi connectivity index (χ0) is 34.8. The third-order valence-corrected chi connectivity index (χ3v) is 12.5. The van der Waals surface area contributed by atoms with Crippen LogP contribution in [0.1, 0.15) is 61.2 Å². The van der Waals surface area contributed by atoms with Crippen LogP contribution < -0.4 is 15.5 Å². The van der Waals surface area contributed by atoms with Gasteiger partial charge in [0.15, 0.2) is 0 Å². The lowest BCUT2D eigenvalue weighted by molar-refractivity contribution is 0.327. The van der Waals surface area contributed by atoms with Crippen LogP contribution in [0, 0.1) is 0 Å². The second-order valence-electron chi connectivity index (χ2n) is 15.6. The molecule has 2 aliphatic carbocycles. The highest BCUT2D eigenvalue weighted by atomic mass is 15.3. The highest BCUT2D eigenvalue weighted by Crippen LogP contribution is 2.58. The normalized spacial score (nSPS) is 23.8. The van der Waals surface area contributed by atoms with Gasteiger partial charge in [0, 0.05) is 44.7 Å². The number of allylic oxidation sites excluding steroid dienone is 3. The van der Waals surface area contributed by atoms with E-state index in [1.165, 1.54) is 77.6 Å². The lowest BCUT2D eigenvalue weighted by Crippen LogP contribution is -2.46. The predicted molar refractivity (Wildman–Crippen MR) is 216 cm³/mol. The van der Waals surface area contributed by atoms with E-state index in [-0.39, 0.29) is 29.1 Å². The van der Waals surface area contributed by atoms with Crippen molar-refractivity contribution in [2.24, 2.45) is 0 Å². The van der Waals surface area contributed by atoms with Crippen LogP contribution in [0.25, 0.3) is 38.3 Å². The third kappa shape index (κ3) is 3.87. The van der Waals surface area contributed by atoms with Crippen molar-refractivity contribution in [1.29, 1.82) is 0 Å². The Balaban J connectivity index is 1.20. The molecule has 0 spiro atoms. The number of aromatic nitrogens is 1. The monoisotopic (exact) mass is 672 g/mol. The van der Waals surface area contributed by atoms with Gasteiger partial charge in [-0.2, -0.15) is 0 Å². The maximum atomic E-state index is 4.30. The van der Waals surface area contributed by atoms with Gasteiger partial charge in [-0.15, -0.1) is 0 Å². The summed E-state index contributed by atoms with van der Waals surface area (Å²) in [6.07, 6.45) is 9.15. The van der Waals surface area contributed by atoms with E-state index < -0.39 is 0 Å². The number of hydrogen-bond acceptors (Lipinski definition) is 3. The van der Waals surface area contributed by atoms with E-state index in [1.54, 1.807) is 0 Å². The Bertz CT molecular complexity index is 2710. The molecule has 11 rings (SSSR count). The van der Waals surface area contributed by atoms with Gasteiger partial charge >= 0.3 is 0 Å². The molecule has 52 heavy (non-hydrogen) atoms. The summed E-state index contributed by atoms with van der Waals surface area (Å²) in [6.45, 7) is 7.13. The van der Waals surface area contributed by atoms with Gasteiger partial charge in [-0.3, -0.25) is 0 Å². The molecule has 3 unspecified atom stereocenters. The number of hydrogen-bond donors (Lipinski definition) is 2. The Kier molecular flexibility index (Phi) is 6.01. The van der Waals surface area contributed by atoms with E-state index in [0.29, 0.717) is 0 Å². The molecule has 7 aromatic rings. The van der Waals surface area contributed by atoms with E-state index in [2.05, 4.69) is 199 Å². The molecule has 2 aliphatic heterocycles. The summed E-state index contributed by atoms with van der Waals surface area (Å²) in [5.74, 6) is 0.178. The molecule has 0 bridgehead atoms. The highest BCUT2D eigenvalue weighted by molar-refractivity contribution is 6.12. The summed E-state index contributed by atoms with van der Waals surface area (Å²) in [4.78, 5) is 2.56. The van der Waals surface area contributed by atoms with Crippen molar-refractivity contribution in [2.45, 2.75) is 49.9 Å². The molecule has 0 radical (unpaired) electrons. The Labute approximate surface area is 304 Å². The Hall–Kier alpha value is -6.00. The second-order valence-corrected chi connectivity index (χ2v) is 15.6. The van der Waals surface area contributed by atoms with Crippen molar-refractivity contribution in [3.63, 3.8) is 0 Å². The molecule has 4 atom stereocenters. The largest absolute Gasteiger partial charge is 0.375 e. The average Bonchev–Trinajstić information content (AvgIpc) is 3.73. The molecule has 0 amide bonds. The number of fused-ring (bicyclic) bond motifs is 9. The summed E-state index contributed by atoms with van der Waals surface area (Å²) < 4.78 is 2.59. The summed E-state index contributed by atoms with van der Waals surface area (Å²) in [6, 6.07) is 49.2. The van der Waals surface area contributed by atoms with Gasteiger partial charge in [0.2, 0.25) is 0 Å². The van der Waals surface area contributed by atoms with E-state index in [0.717, 1.165) is 0 Å². The lowest BCUT2D eigenvalue weighted by Gasteiger charge is -2.41. The molecule has 4 nitrogen and oxygen atoms in total. The molecule has 2 N–H and O–H groups in total. The zero-order valence-corrected chi connectivity index (χ0v) is 29.6. The Morgan fingerprint density at radius 3 is 2.25 bits per heavy atom. The molecule has 252 valence electrons. The summed E-state index contributed by atoms with van der Waals surface area (Å²) in [7, 11) is 0. The molecule has 6 aromatic carbocycles. The van der Waals surface area contributed by atoms with Crippen LogP contribution in [0.15, 0.2) is 163 Å². The van der Waals surface area contributed by atoms with Gasteiger partial charge in [0.25, 0.3) is 0 Å². The quantitative estimate of drug-likeness (QED) is 0.196. The number of anilines is 2. The molecule has 1 aromatic heterocycles. The van der Waals surface area contributed by atoms with Gasteiger partial charge in [-0.1, -0.05) is 135 Å². The number of nitrogens with zero attached hydrogens (tertiary/aromatic N) is 2. The molecule has 3 heterocycles. The van der Waals surface area contributed by atoms with Crippen molar-refractivity contribution >= 4 is 49.7 Å². The van der Waals surface area contributed by atoms with Crippen molar-refractivity contribution in [1.82, 2.24) is 15.2 Å². The smallest absolute Gasteiger partial charge is 0.129 e. The SMILES string of the molecule is CC1(C)C2=C(NC(n3c4ccccc4c4cc5ccccc5cc43)C(c3cccc4c3C3C=CC=C[C@]3(C)N4c3ccccc3)N2)c2ccccc21. The van der Waals surface area contributed by atoms with Gasteiger partial charge < -0.3 is 20.1 Å². The van der Waals surface area contributed by atoms with Crippen molar-refractivity contribution in [3.8, 4) is 0 Å². The molecule has 0 saturated carbocycles. The number of rotatable bonds is 3. The predicted octanol–water partition coefficient (Wildman–Crippen LogP) is 11.2. The molecule has 0 fully saturated rings. The molecule has 4 aliphatic rings. The molecular formula is C48H40N4. The van der Waals surface area contributed by atoms with Gasteiger partial charge in [0.1, 0.15) is 6.17 Å². The molecule has 0 saturated heterocycles. The van der Waals surface area contributed by atoms with Gasteiger partial charge in [0.05, 0.1) is 28.3 Å². The summed E-state index contributed by atoms with van der Waals surface area (Å²) in [5.41, 5.74) is 12.4. The first-order chi connectivity index (χ1) is 25.4. The number of nitrogens with one attached hydrogen (secondary N) is 2. The van der Waals surface area contributed by atoms with Crippen LogP contribution in [-0.4, -0.2) is 10.1 Å². The first kappa shape index (κ1) is 29.7. The van der Waals surface area contributed by atoms with E-state index in [9.17, 15) is 0 Å². The fourth-order valence-corrected chi connectivity index (χ4v) is 10.1. The Morgan fingerprint density at radius 1 is 0.635 bits per heavy atom. The van der Waals surface area contributed by atoms with Crippen LogP contribution in [0.2, 0.25) is 0 Å². The second kappa shape index (κ2) is 10.5. The van der Waals surface area contributed by atoms with Crippen LogP contribution in [0.4, 0.5) is 11.4 Å². The van der Waals surface area contributed by atoms with Gasteiger partial charge in [-0.05, 0) is 70.8 Å². The minimum Gasteiger partial charge on any atom is -0.375 e. The molecule has 4 heteroatoms. The van der Waals surface area contributed by atoms with Crippen LogP contribution in [0.3, 0.4) is 0 Å². The maximum Gasteiger partial charge on any atom is 0.129 e. The molecular weight excluding hydrogens is 633 g/mol. The highest BCUT2D eigenvalue weighted by Gasteiger charge is 2.51. The van der Waals surface area contributed by atoms with Crippen LogP contribution in [-0.2, 0) is 5.41 Å². The minimum absolute atomic E-state index is 0.0768. The van der Waals surface area contributed by atoms with Crippen LogP contribution in [0.5, 0.6) is 0 Å².